The molecule has 1 atom stereocenters. The number of hydrogen-bond donors (Lipinski definition) is 0. The monoisotopic (exact) mass is 326 g/mol. The predicted molar refractivity (Wildman–Crippen MR) is 103 cm³/mol. The van der Waals surface area contributed by atoms with Gasteiger partial charge in [0.05, 0.1) is 7.11 Å². The summed E-state index contributed by atoms with van der Waals surface area (Å²) in [5.74, 6) is 0.846. The molecule has 1 unspecified atom stereocenters. The molecule has 0 aromatic heterocycles. The summed E-state index contributed by atoms with van der Waals surface area (Å²) in [4.78, 5) is 0. The van der Waals surface area contributed by atoms with Crippen LogP contribution < -0.4 is 5.06 Å². The quantitative estimate of drug-likeness (QED) is 0.617. The molecule has 1 aliphatic rings. The van der Waals surface area contributed by atoms with Crippen molar-refractivity contribution in [3.8, 4) is 0 Å². The Morgan fingerprint density at radius 3 is 2.58 bits per heavy atom. The first kappa shape index (κ1) is 18.3. The lowest BCUT2D eigenvalue weighted by Crippen LogP contribution is -2.33. The molecule has 1 aliphatic heterocycles. The molecule has 2 rings (SSSR count). The summed E-state index contributed by atoms with van der Waals surface area (Å²) in [6, 6.07) is 7.43. The van der Waals surface area contributed by atoms with Gasteiger partial charge in [-0.05, 0) is 64.7 Å². The fraction of sp³-hybridized carbons (Fsp3) is 0.429. The number of rotatable bonds is 6. The van der Waals surface area contributed by atoms with Crippen molar-refractivity contribution in [2.24, 2.45) is 0 Å². The molecule has 3 heteroatoms. The Morgan fingerprint density at radius 2 is 1.92 bits per heavy atom. The molecule has 0 bridgehead atoms. The Balaban J connectivity index is 2.24. The zero-order valence-corrected chi connectivity index (χ0v) is 15.4. The van der Waals surface area contributed by atoms with Crippen molar-refractivity contribution in [2.45, 2.75) is 53.0 Å². The molecule has 0 N–H and O–H groups in total. The second-order valence-electron chi connectivity index (χ2n) is 6.65. The van der Waals surface area contributed by atoms with E-state index >= 15 is 0 Å². The molecule has 24 heavy (non-hydrogen) atoms. The molecule has 1 aromatic carbocycles. The number of para-hydroxylation sites is 1. The molecular formula is C21H28NO2-. The molecule has 130 valence electrons. The highest BCUT2D eigenvalue weighted by atomic mass is 16.5. The number of benzene rings is 1. The van der Waals surface area contributed by atoms with E-state index < -0.39 is 0 Å². The van der Waals surface area contributed by atoms with Crippen LogP contribution in [0.5, 0.6) is 0 Å². The molecule has 0 fully saturated rings. The number of fused-ring (bicyclic) bond motifs is 1. The fourth-order valence-electron chi connectivity index (χ4n) is 3.05. The van der Waals surface area contributed by atoms with E-state index in [2.05, 4.69) is 32.9 Å². The van der Waals surface area contributed by atoms with Gasteiger partial charge in [0.15, 0.2) is 0 Å². The molecule has 0 amide bonds. The minimum atomic E-state index is -0.211. The Kier molecular flexibility index (Phi) is 6.27. The van der Waals surface area contributed by atoms with E-state index in [-0.39, 0.29) is 6.04 Å². The molecule has 0 spiro atoms. The van der Waals surface area contributed by atoms with Gasteiger partial charge in [-0.3, -0.25) is 0 Å². The molecular weight excluding hydrogens is 298 g/mol. The van der Waals surface area contributed by atoms with Gasteiger partial charge in [0, 0.05) is 17.3 Å². The number of nitrogens with zero attached hydrogens (tertiary/aromatic N) is 1. The van der Waals surface area contributed by atoms with Crippen molar-refractivity contribution in [1.29, 1.82) is 0 Å². The lowest BCUT2D eigenvalue weighted by Gasteiger charge is -2.43. The molecule has 0 saturated carbocycles. The Hall–Kier alpha value is -2.00. The molecule has 0 saturated heterocycles. The van der Waals surface area contributed by atoms with Crippen molar-refractivity contribution in [2.75, 3.05) is 12.2 Å². The number of methoxy groups -OCH3 is 1. The number of hydroxylamine groups is 1. The second-order valence-corrected chi connectivity index (χ2v) is 6.65. The Labute approximate surface area is 145 Å². The minimum Gasteiger partial charge on any atom is -0.758 e. The van der Waals surface area contributed by atoms with Crippen LogP contribution in [0.1, 0.15) is 52.5 Å². The van der Waals surface area contributed by atoms with Crippen LogP contribution in [0, 0.1) is 5.21 Å². The average molecular weight is 326 g/mol. The van der Waals surface area contributed by atoms with E-state index in [0.29, 0.717) is 5.69 Å². The number of hydrogen-bond acceptors (Lipinski definition) is 3. The van der Waals surface area contributed by atoms with Crippen LogP contribution in [0.2, 0.25) is 0 Å². The third-order valence-corrected chi connectivity index (χ3v) is 4.50. The van der Waals surface area contributed by atoms with E-state index in [9.17, 15) is 5.21 Å². The summed E-state index contributed by atoms with van der Waals surface area (Å²) < 4.78 is 5.67. The number of allylic oxidation sites excluding steroid dienone is 4. The van der Waals surface area contributed by atoms with E-state index in [0.717, 1.165) is 41.2 Å². The van der Waals surface area contributed by atoms with Gasteiger partial charge >= 0.3 is 0 Å². The van der Waals surface area contributed by atoms with Gasteiger partial charge in [0.2, 0.25) is 0 Å². The fourth-order valence-corrected chi connectivity index (χ4v) is 3.05. The van der Waals surface area contributed by atoms with Gasteiger partial charge in [-0.1, -0.05) is 35.4 Å². The predicted octanol–water partition coefficient (Wildman–Crippen LogP) is 5.83. The van der Waals surface area contributed by atoms with Crippen molar-refractivity contribution in [1.82, 2.24) is 0 Å². The standard InChI is InChI=1S/C21H28NO2/c1-15(2)9-8-10-16(3)13-14-18-17(4)22(23)20-12-7-6-11-19(20)21(18)24-5/h6-7,9,11-13,17H,8,10,14H2,1-5H3/q-1. The summed E-state index contributed by atoms with van der Waals surface area (Å²) >= 11 is 0. The highest BCUT2D eigenvalue weighted by Crippen LogP contribution is 2.39. The van der Waals surface area contributed by atoms with Crippen molar-refractivity contribution >= 4 is 11.4 Å². The van der Waals surface area contributed by atoms with Crippen molar-refractivity contribution in [3.63, 3.8) is 0 Å². The largest absolute Gasteiger partial charge is 0.758 e. The molecule has 1 aromatic rings. The van der Waals surface area contributed by atoms with Crippen LogP contribution in [-0.4, -0.2) is 13.2 Å². The van der Waals surface area contributed by atoms with Crippen LogP contribution in [-0.2, 0) is 4.74 Å². The SMILES string of the molecule is COC1=C(CC=C(C)CCC=C(C)C)C(C)N([O-])c2ccccc21. The number of anilines is 1. The maximum absolute atomic E-state index is 12.6. The summed E-state index contributed by atoms with van der Waals surface area (Å²) in [5.41, 5.74) is 5.33. The van der Waals surface area contributed by atoms with E-state index in [1.54, 1.807) is 7.11 Å². The summed E-state index contributed by atoms with van der Waals surface area (Å²) in [6.45, 7) is 8.35. The van der Waals surface area contributed by atoms with Gasteiger partial charge in [-0.2, -0.15) is 0 Å². The third-order valence-electron chi connectivity index (χ3n) is 4.50. The third kappa shape index (κ3) is 4.09. The molecule has 1 heterocycles. The number of ether oxygens (including phenoxy) is 1. The first-order chi connectivity index (χ1) is 11.5. The lowest BCUT2D eigenvalue weighted by molar-refractivity contribution is 0.362. The summed E-state index contributed by atoms with van der Waals surface area (Å²) in [5, 5.41) is 13.7. The summed E-state index contributed by atoms with van der Waals surface area (Å²) in [7, 11) is 1.69. The smallest absolute Gasteiger partial charge is 0.129 e. The van der Waals surface area contributed by atoms with Gasteiger partial charge in [0.25, 0.3) is 0 Å². The Morgan fingerprint density at radius 1 is 1.21 bits per heavy atom. The minimum absolute atomic E-state index is 0.211. The van der Waals surface area contributed by atoms with Crippen LogP contribution in [0.15, 0.2) is 53.1 Å². The van der Waals surface area contributed by atoms with Crippen molar-refractivity contribution in [3.05, 3.63) is 63.9 Å². The molecule has 3 nitrogen and oxygen atoms in total. The van der Waals surface area contributed by atoms with Gasteiger partial charge < -0.3 is 15.0 Å². The van der Waals surface area contributed by atoms with Crippen LogP contribution in [0.3, 0.4) is 0 Å². The van der Waals surface area contributed by atoms with Crippen molar-refractivity contribution < 1.29 is 4.74 Å². The van der Waals surface area contributed by atoms with E-state index in [1.807, 2.05) is 31.2 Å². The van der Waals surface area contributed by atoms with Crippen LogP contribution in [0.25, 0.3) is 5.76 Å². The average Bonchev–Trinajstić information content (AvgIpc) is 2.56. The maximum atomic E-state index is 12.6. The van der Waals surface area contributed by atoms with Crippen LogP contribution in [0.4, 0.5) is 5.69 Å². The zero-order valence-electron chi connectivity index (χ0n) is 15.4. The molecule has 0 radical (unpaired) electrons. The van der Waals surface area contributed by atoms with Gasteiger partial charge in [0.1, 0.15) is 5.76 Å². The topological polar surface area (TPSA) is 35.5 Å². The van der Waals surface area contributed by atoms with Gasteiger partial charge in [-0.15, -0.1) is 0 Å². The zero-order chi connectivity index (χ0) is 17.7. The normalized spacial score (nSPS) is 17.7. The first-order valence-corrected chi connectivity index (χ1v) is 8.57. The van der Waals surface area contributed by atoms with E-state index in [4.69, 9.17) is 4.74 Å². The highest BCUT2D eigenvalue weighted by molar-refractivity contribution is 5.80. The Bertz CT molecular complexity index is 666. The lowest BCUT2D eigenvalue weighted by atomic mass is 9.93. The molecule has 0 aliphatic carbocycles. The highest BCUT2D eigenvalue weighted by Gasteiger charge is 2.25. The first-order valence-electron chi connectivity index (χ1n) is 8.57. The van der Waals surface area contributed by atoms with Crippen LogP contribution >= 0.6 is 0 Å². The summed E-state index contributed by atoms with van der Waals surface area (Å²) in [6.07, 6.45) is 7.35. The second kappa shape index (κ2) is 8.20. The maximum Gasteiger partial charge on any atom is 0.129 e. The van der Waals surface area contributed by atoms with Gasteiger partial charge in [-0.25, -0.2) is 0 Å². The van der Waals surface area contributed by atoms with E-state index in [1.165, 1.54) is 11.1 Å².